The maximum Gasteiger partial charge on any atom is 0.226 e. The van der Waals surface area contributed by atoms with E-state index in [1.54, 1.807) is 0 Å². The second-order valence-electron chi connectivity index (χ2n) is 4.62. The number of nitrogens with one attached hydrogen (secondary N) is 2. The third kappa shape index (κ3) is 2.35. The van der Waals surface area contributed by atoms with E-state index < -0.39 is 0 Å². The molecule has 2 aliphatic rings. The van der Waals surface area contributed by atoms with Crippen molar-refractivity contribution in [1.29, 1.82) is 0 Å². The SMILES string of the molecule is C[C@@H]1CNCCN1C(=O)C1CCNC(=O)C1. The van der Waals surface area contributed by atoms with Crippen LogP contribution in [0.2, 0.25) is 0 Å². The Morgan fingerprint density at radius 2 is 2.25 bits per heavy atom. The van der Waals surface area contributed by atoms with Gasteiger partial charge in [0.2, 0.25) is 11.8 Å². The van der Waals surface area contributed by atoms with Crippen molar-refractivity contribution in [2.45, 2.75) is 25.8 Å². The van der Waals surface area contributed by atoms with E-state index >= 15 is 0 Å². The summed E-state index contributed by atoms with van der Waals surface area (Å²) in [6, 6.07) is 0.242. The van der Waals surface area contributed by atoms with E-state index in [0.29, 0.717) is 13.0 Å². The maximum atomic E-state index is 12.2. The molecular formula is C11H19N3O2. The molecule has 2 rings (SSSR count). The first kappa shape index (κ1) is 11.4. The third-order valence-electron chi connectivity index (χ3n) is 3.38. The van der Waals surface area contributed by atoms with Gasteiger partial charge in [-0.2, -0.15) is 0 Å². The summed E-state index contributed by atoms with van der Waals surface area (Å²) in [5.74, 6) is 0.0607. The van der Waals surface area contributed by atoms with E-state index in [1.165, 1.54) is 0 Å². The van der Waals surface area contributed by atoms with Crippen LogP contribution in [0.25, 0.3) is 0 Å². The normalized spacial score (nSPS) is 31.1. The third-order valence-corrected chi connectivity index (χ3v) is 3.38. The van der Waals surface area contributed by atoms with Gasteiger partial charge in [-0.1, -0.05) is 0 Å². The number of nitrogens with zero attached hydrogens (tertiary/aromatic N) is 1. The molecule has 2 amide bonds. The average Bonchev–Trinajstić information content (AvgIpc) is 2.29. The standard InChI is InChI=1S/C11H19N3O2/c1-8-7-12-4-5-14(8)11(16)9-2-3-13-10(15)6-9/h8-9,12H,2-7H2,1H3,(H,13,15)/t8-,9?/m1/s1. The van der Waals surface area contributed by atoms with Gasteiger partial charge >= 0.3 is 0 Å². The monoisotopic (exact) mass is 225 g/mol. The molecule has 0 bridgehead atoms. The lowest BCUT2D eigenvalue weighted by Gasteiger charge is -2.37. The second-order valence-corrected chi connectivity index (χ2v) is 4.62. The molecule has 0 radical (unpaired) electrons. The quantitative estimate of drug-likeness (QED) is 0.622. The zero-order valence-corrected chi connectivity index (χ0v) is 9.66. The lowest BCUT2D eigenvalue weighted by atomic mass is 9.95. The van der Waals surface area contributed by atoms with Gasteiger partial charge in [0.1, 0.15) is 0 Å². The molecule has 2 saturated heterocycles. The zero-order valence-electron chi connectivity index (χ0n) is 9.66. The molecule has 0 aliphatic carbocycles. The molecule has 16 heavy (non-hydrogen) atoms. The number of piperazine rings is 1. The Morgan fingerprint density at radius 3 is 2.94 bits per heavy atom. The minimum atomic E-state index is -0.103. The summed E-state index contributed by atoms with van der Waals surface area (Å²) in [5.41, 5.74) is 0. The number of hydrogen-bond acceptors (Lipinski definition) is 3. The van der Waals surface area contributed by atoms with E-state index in [1.807, 2.05) is 11.8 Å². The van der Waals surface area contributed by atoms with Gasteiger partial charge in [0.05, 0.1) is 0 Å². The highest BCUT2D eigenvalue weighted by atomic mass is 16.2. The molecular weight excluding hydrogens is 206 g/mol. The number of carbonyl (C=O) groups is 2. The summed E-state index contributed by atoms with van der Waals surface area (Å²) in [7, 11) is 0. The van der Waals surface area contributed by atoms with Crippen LogP contribution < -0.4 is 10.6 Å². The molecule has 2 heterocycles. The van der Waals surface area contributed by atoms with Gasteiger partial charge in [-0.25, -0.2) is 0 Å². The topological polar surface area (TPSA) is 61.4 Å². The van der Waals surface area contributed by atoms with Gasteiger partial charge in [-0.3, -0.25) is 9.59 Å². The Bertz CT molecular complexity index is 293. The molecule has 0 aromatic carbocycles. The molecule has 0 aromatic rings. The fourth-order valence-corrected chi connectivity index (χ4v) is 2.40. The largest absolute Gasteiger partial charge is 0.356 e. The van der Waals surface area contributed by atoms with Crippen LogP contribution in [0.3, 0.4) is 0 Å². The number of hydrogen-bond donors (Lipinski definition) is 2. The molecule has 2 N–H and O–H groups in total. The molecule has 90 valence electrons. The van der Waals surface area contributed by atoms with Crippen molar-refractivity contribution in [1.82, 2.24) is 15.5 Å². The van der Waals surface area contributed by atoms with E-state index in [9.17, 15) is 9.59 Å². The molecule has 0 aromatic heterocycles. The Kier molecular flexibility index (Phi) is 3.43. The number of carbonyl (C=O) groups excluding carboxylic acids is 2. The molecule has 2 atom stereocenters. The van der Waals surface area contributed by atoms with E-state index in [0.717, 1.165) is 26.1 Å². The van der Waals surface area contributed by atoms with E-state index in [2.05, 4.69) is 10.6 Å². The van der Waals surface area contributed by atoms with Crippen LogP contribution in [0.15, 0.2) is 0 Å². The van der Waals surface area contributed by atoms with Gasteiger partial charge < -0.3 is 15.5 Å². The predicted octanol–water partition coefficient (Wildman–Crippen LogP) is -0.667. The van der Waals surface area contributed by atoms with Gasteiger partial charge in [-0.15, -0.1) is 0 Å². The summed E-state index contributed by atoms with van der Waals surface area (Å²) in [6.07, 6.45) is 1.14. The number of amides is 2. The summed E-state index contributed by atoms with van der Waals surface area (Å²) in [6.45, 7) is 5.15. The van der Waals surface area contributed by atoms with Crippen molar-refractivity contribution in [2.24, 2.45) is 5.92 Å². The molecule has 5 heteroatoms. The van der Waals surface area contributed by atoms with Gasteiger partial charge in [0.15, 0.2) is 0 Å². The fourth-order valence-electron chi connectivity index (χ4n) is 2.40. The lowest BCUT2D eigenvalue weighted by molar-refractivity contribution is -0.142. The van der Waals surface area contributed by atoms with E-state index in [-0.39, 0.29) is 23.8 Å². The van der Waals surface area contributed by atoms with Crippen LogP contribution in [-0.4, -0.2) is 48.9 Å². The maximum absolute atomic E-state index is 12.2. The van der Waals surface area contributed by atoms with Crippen molar-refractivity contribution >= 4 is 11.8 Å². The van der Waals surface area contributed by atoms with Gasteiger partial charge in [0.25, 0.3) is 0 Å². The van der Waals surface area contributed by atoms with Crippen molar-refractivity contribution in [3.63, 3.8) is 0 Å². The van der Waals surface area contributed by atoms with Crippen LogP contribution in [0.1, 0.15) is 19.8 Å². The molecule has 2 fully saturated rings. The number of piperidine rings is 1. The molecule has 0 saturated carbocycles. The highest BCUT2D eigenvalue weighted by Crippen LogP contribution is 2.18. The van der Waals surface area contributed by atoms with E-state index in [4.69, 9.17) is 0 Å². The lowest BCUT2D eigenvalue weighted by Crippen LogP contribution is -2.55. The van der Waals surface area contributed by atoms with Crippen molar-refractivity contribution in [3.8, 4) is 0 Å². The predicted molar refractivity (Wildman–Crippen MR) is 59.8 cm³/mol. The smallest absolute Gasteiger partial charge is 0.226 e. The van der Waals surface area contributed by atoms with Crippen molar-refractivity contribution < 1.29 is 9.59 Å². The highest BCUT2D eigenvalue weighted by molar-refractivity contribution is 5.87. The second kappa shape index (κ2) is 4.82. The first-order valence-electron chi connectivity index (χ1n) is 5.96. The van der Waals surface area contributed by atoms with Crippen molar-refractivity contribution in [3.05, 3.63) is 0 Å². The van der Waals surface area contributed by atoms with Crippen molar-refractivity contribution in [2.75, 3.05) is 26.2 Å². The Morgan fingerprint density at radius 1 is 1.44 bits per heavy atom. The minimum Gasteiger partial charge on any atom is -0.356 e. The molecule has 5 nitrogen and oxygen atoms in total. The fraction of sp³-hybridized carbons (Fsp3) is 0.818. The molecule has 2 aliphatic heterocycles. The Labute approximate surface area is 95.6 Å². The first-order valence-corrected chi connectivity index (χ1v) is 5.96. The number of rotatable bonds is 1. The van der Waals surface area contributed by atoms with Crippen LogP contribution in [-0.2, 0) is 9.59 Å². The Hall–Kier alpha value is -1.10. The summed E-state index contributed by atoms with van der Waals surface area (Å²) >= 11 is 0. The minimum absolute atomic E-state index is 0.00684. The average molecular weight is 225 g/mol. The van der Waals surface area contributed by atoms with Crippen LogP contribution in [0.5, 0.6) is 0 Å². The van der Waals surface area contributed by atoms with Crippen LogP contribution in [0.4, 0.5) is 0 Å². The van der Waals surface area contributed by atoms with Crippen LogP contribution >= 0.6 is 0 Å². The van der Waals surface area contributed by atoms with Gasteiger partial charge in [0, 0.05) is 44.6 Å². The van der Waals surface area contributed by atoms with Crippen LogP contribution in [0, 0.1) is 5.92 Å². The van der Waals surface area contributed by atoms with Gasteiger partial charge in [-0.05, 0) is 13.3 Å². The summed E-state index contributed by atoms with van der Waals surface area (Å²) < 4.78 is 0. The Balaban J connectivity index is 1.97. The first-order chi connectivity index (χ1) is 7.68. The zero-order chi connectivity index (χ0) is 11.5. The molecule has 0 spiro atoms. The summed E-state index contributed by atoms with van der Waals surface area (Å²) in [4.78, 5) is 25.4. The molecule has 1 unspecified atom stereocenters. The summed E-state index contributed by atoms with van der Waals surface area (Å²) in [5, 5.41) is 6.02. The highest BCUT2D eigenvalue weighted by Gasteiger charge is 2.32.